The maximum absolute atomic E-state index is 13.5. The first-order chi connectivity index (χ1) is 28.1. The number of hydrogen-bond donors (Lipinski definition) is 0. The molecule has 0 aliphatic rings. The van der Waals surface area contributed by atoms with Gasteiger partial charge < -0.3 is 4.57 Å². The van der Waals surface area contributed by atoms with E-state index in [1.165, 1.54) is 0 Å². The highest BCUT2D eigenvalue weighted by atomic mass is 16.1. The lowest BCUT2D eigenvalue weighted by Crippen LogP contribution is -2.00. The summed E-state index contributed by atoms with van der Waals surface area (Å²) in [6.07, 6.45) is 0. The number of para-hydroxylation sites is 1. The van der Waals surface area contributed by atoms with Crippen molar-refractivity contribution in [2.45, 2.75) is 0 Å². The summed E-state index contributed by atoms with van der Waals surface area (Å²) in [5.41, 5.74) is 12.6. The van der Waals surface area contributed by atoms with E-state index >= 15 is 0 Å². The minimum Gasteiger partial charge on any atom is -0.309 e. The van der Waals surface area contributed by atoms with Crippen molar-refractivity contribution in [3.8, 4) is 39.2 Å². The van der Waals surface area contributed by atoms with E-state index in [0.717, 1.165) is 71.9 Å². The molecule has 0 fully saturated rings. The third-order valence-electron chi connectivity index (χ3n) is 10.8. The van der Waals surface area contributed by atoms with Gasteiger partial charge in [0.1, 0.15) is 0 Å². The van der Waals surface area contributed by atoms with Crippen molar-refractivity contribution in [3.63, 3.8) is 0 Å². The van der Waals surface area contributed by atoms with Crippen LogP contribution in [0.1, 0.15) is 31.8 Å². The Morgan fingerprint density at radius 2 is 0.860 bits per heavy atom. The van der Waals surface area contributed by atoms with E-state index in [0.29, 0.717) is 22.3 Å². The predicted molar refractivity (Wildman–Crippen MR) is 232 cm³/mol. The lowest BCUT2D eigenvalue weighted by Gasteiger charge is -2.11. The minimum atomic E-state index is -0.00599. The number of nitrogens with zero attached hydrogens (tertiary/aromatic N) is 2. The molecule has 0 spiro atoms. The van der Waals surface area contributed by atoms with Crippen molar-refractivity contribution in [1.82, 2.24) is 9.55 Å². The second kappa shape index (κ2) is 14.2. The van der Waals surface area contributed by atoms with Crippen molar-refractivity contribution in [2.24, 2.45) is 0 Å². The van der Waals surface area contributed by atoms with Crippen LogP contribution in [0.4, 0.5) is 0 Å². The van der Waals surface area contributed by atoms with Crippen LogP contribution in [-0.4, -0.2) is 21.1 Å². The van der Waals surface area contributed by atoms with Gasteiger partial charge in [0.2, 0.25) is 0 Å². The smallest absolute Gasteiger partial charge is 0.193 e. The van der Waals surface area contributed by atoms with E-state index in [4.69, 9.17) is 4.98 Å². The zero-order chi connectivity index (χ0) is 38.3. The Morgan fingerprint density at radius 1 is 0.368 bits per heavy atom. The lowest BCUT2D eigenvalue weighted by molar-refractivity contribution is 0.103. The third kappa shape index (κ3) is 6.29. The lowest BCUT2D eigenvalue weighted by atomic mass is 9.96. The first kappa shape index (κ1) is 33.8. The summed E-state index contributed by atoms with van der Waals surface area (Å²) < 4.78 is 2.31. The van der Waals surface area contributed by atoms with Gasteiger partial charge in [-0.05, 0) is 82.9 Å². The van der Waals surface area contributed by atoms with E-state index in [9.17, 15) is 9.59 Å². The van der Waals surface area contributed by atoms with Gasteiger partial charge in [0.25, 0.3) is 0 Å². The molecule has 0 amide bonds. The van der Waals surface area contributed by atoms with Crippen LogP contribution >= 0.6 is 0 Å². The van der Waals surface area contributed by atoms with Crippen LogP contribution < -0.4 is 0 Å². The predicted octanol–water partition coefficient (Wildman–Crippen LogP) is 12.8. The van der Waals surface area contributed by atoms with Crippen LogP contribution in [-0.2, 0) is 0 Å². The Labute approximate surface area is 330 Å². The Kier molecular flexibility index (Phi) is 8.42. The fraction of sp³-hybridized carbons (Fsp3) is 0. The average Bonchev–Trinajstić information content (AvgIpc) is 3.62. The Bertz CT molecular complexity index is 3010. The summed E-state index contributed by atoms with van der Waals surface area (Å²) in [6, 6.07) is 68.6. The van der Waals surface area contributed by atoms with Gasteiger partial charge >= 0.3 is 0 Å². The summed E-state index contributed by atoms with van der Waals surface area (Å²) >= 11 is 0. The first-order valence-corrected chi connectivity index (χ1v) is 19.0. The largest absolute Gasteiger partial charge is 0.309 e. The van der Waals surface area contributed by atoms with E-state index in [1.807, 2.05) is 115 Å². The first-order valence-electron chi connectivity index (χ1n) is 19.0. The summed E-state index contributed by atoms with van der Waals surface area (Å²) in [6.45, 7) is 0. The van der Waals surface area contributed by atoms with Gasteiger partial charge in [-0.25, -0.2) is 4.98 Å². The summed E-state index contributed by atoms with van der Waals surface area (Å²) in [5.74, 6) is -0.0120. The molecule has 0 N–H and O–H groups in total. The van der Waals surface area contributed by atoms with Crippen LogP contribution in [0.3, 0.4) is 0 Å². The quantitative estimate of drug-likeness (QED) is 0.146. The van der Waals surface area contributed by atoms with Gasteiger partial charge in [-0.15, -0.1) is 0 Å². The van der Waals surface area contributed by atoms with Crippen molar-refractivity contribution in [1.29, 1.82) is 0 Å². The molecule has 4 nitrogen and oxygen atoms in total. The number of pyridine rings is 1. The highest BCUT2D eigenvalue weighted by molar-refractivity contribution is 6.13. The van der Waals surface area contributed by atoms with E-state index < -0.39 is 0 Å². The summed E-state index contributed by atoms with van der Waals surface area (Å²) in [5, 5.41) is 3.26. The molecule has 0 saturated carbocycles. The molecule has 268 valence electrons. The minimum absolute atomic E-state index is 0.00599. The topological polar surface area (TPSA) is 52.0 Å². The number of rotatable bonds is 8. The second-order valence-corrected chi connectivity index (χ2v) is 14.3. The van der Waals surface area contributed by atoms with Gasteiger partial charge in [0.05, 0.1) is 22.2 Å². The van der Waals surface area contributed by atoms with Gasteiger partial charge in [-0.2, -0.15) is 0 Å². The molecule has 4 heteroatoms. The van der Waals surface area contributed by atoms with Gasteiger partial charge in [-0.1, -0.05) is 146 Å². The number of ketones is 2. The second-order valence-electron chi connectivity index (χ2n) is 14.3. The van der Waals surface area contributed by atoms with Crippen molar-refractivity contribution >= 4 is 44.3 Å². The average molecular weight is 731 g/mol. The van der Waals surface area contributed by atoms with Crippen LogP contribution in [0.2, 0.25) is 0 Å². The number of aromatic nitrogens is 2. The fourth-order valence-corrected chi connectivity index (χ4v) is 7.88. The molecule has 0 unspecified atom stereocenters. The summed E-state index contributed by atoms with van der Waals surface area (Å²) in [7, 11) is 0. The van der Waals surface area contributed by atoms with E-state index in [-0.39, 0.29) is 11.6 Å². The maximum atomic E-state index is 13.5. The molecule has 57 heavy (non-hydrogen) atoms. The molecule has 0 bridgehead atoms. The molecule has 2 heterocycles. The monoisotopic (exact) mass is 730 g/mol. The number of hydrogen-bond acceptors (Lipinski definition) is 3. The Morgan fingerprint density at radius 3 is 1.46 bits per heavy atom. The van der Waals surface area contributed by atoms with Gasteiger partial charge in [0.15, 0.2) is 11.6 Å². The van der Waals surface area contributed by atoms with Crippen LogP contribution in [0.5, 0.6) is 0 Å². The molecule has 0 aliphatic carbocycles. The standard InChI is InChI=1S/C53H34N2O2/c56-52(36-13-3-1-4-14-36)43-20-9-17-38(30-43)40-25-28-50-46(33-40)47-34-41(39-18-10-21-44(31-39)53(57)37-15-5-2-6-16-37)26-29-51(47)55(50)45-22-11-19-42(32-45)49-27-24-35-12-7-8-23-48(35)54-49/h1-34H. The highest BCUT2D eigenvalue weighted by Gasteiger charge is 2.17. The molecular formula is C53H34N2O2. The Balaban J connectivity index is 1.13. The molecule has 10 rings (SSSR count). The highest BCUT2D eigenvalue weighted by Crippen LogP contribution is 2.38. The fourth-order valence-electron chi connectivity index (χ4n) is 7.88. The van der Waals surface area contributed by atoms with Gasteiger partial charge in [-0.3, -0.25) is 9.59 Å². The van der Waals surface area contributed by atoms with Gasteiger partial charge in [0, 0.05) is 49.7 Å². The SMILES string of the molecule is O=C(c1ccccc1)c1cccc(-c2ccc3c(c2)c2cc(-c4cccc(C(=O)c5ccccc5)c4)ccc2n3-c2cccc(-c3ccc4ccccc4n3)c2)c1. The van der Waals surface area contributed by atoms with Crippen LogP contribution in [0, 0.1) is 0 Å². The molecule has 0 saturated heterocycles. The van der Waals surface area contributed by atoms with E-state index in [1.54, 1.807) is 0 Å². The number of carbonyl (C=O) groups is 2. The zero-order valence-corrected chi connectivity index (χ0v) is 30.8. The molecular weight excluding hydrogens is 697 g/mol. The summed E-state index contributed by atoms with van der Waals surface area (Å²) in [4.78, 5) is 31.9. The van der Waals surface area contributed by atoms with Crippen molar-refractivity contribution in [3.05, 3.63) is 229 Å². The van der Waals surface area contributed by atoms with Crippen LogP contribution in [0.15, 0.2) is 206 Å². The molecule has 8 aromatic carbocycles. The molecule has 10 aromatic rings. The van der Waals surface area contributed by atoms with E-state index in [2.05, 4.69) is 95.6 Å². The zero-order valence-electron chi connectivity index (χ0n) is 30.8. The number of fused-ring (bicyclic) bond motifs is 4. The van der Waals surface area contributed by atoms with Crippen molar-refractivity contribution < 1.29 is 9.59 Å². The Hall–Kier alpha value is -7.69. The van der Waals surface area contributed by atoms with Crippen LogP contribution in [0.25, 0.3) is 71.9 Å². The molecule has 0 atom stereocenters. The molecule has 0 aliphatic heterocycles. The number of benzene rings is 8. The normalized spacial score (nSPS) is 11.3. The van der Waals surface area contributed by atoms with Crippen molar-refractivity contribution in [2.75, 3.05) is 0 Å². The third-order valence-corrected chi connectivity index (χ3v) is 10.8. The molecule has 2 aromatic heterocycles. The maximum Gasteiger partial charge on any atom is 0.193 e. The number of carbonyl (C=O) groups excluding carboxylic acids is 2. The molecule has 0 radical (unpaired) electrons.